The minimum Gasteiger partial charge on any atom is -0.349 e. The van der Waals surface area contributed by atoms with Gasteiger partial charge in [-0.2, -0.15) is 4.39 Å². The third kappa shape index (κ3) is 3.34. The molecule has 0 N–H and O–H groups in total. The number of aromatic nitrogens is 1. The van der Waals surface area contributed by atoms with E-state index in [1.165, 1.54) is 6.07 Å². The molecule has 0 unspecified atom stereocenters. The second-order valence-corrected chi connectivity index (χ2v) is 5.13. The normalized spacial score (nSPS) is 10.9. The summed E-state index contributed by atoms with van der Waals surface area (Å²) in [6.45, 7) is 4.00. The van der Waals surface area contributed by atoms with Crippen LogP contribution in [0.25, 0.3) is 0 Å². The van der Waals surface area contributed by atoms with Crippen LogP contribution in [0.1, 0.15) is 29.8 Å². The largest absolute Gasteiger partial charge is 0.349 e. The van der Waals surface area contributed by atoms with Crippen LogP contribution in [0.3, 0.4) is 0 Å². The summed E-state index contributed by atoms with van der Waals surface area (Å²) in [5.41, 5.74) is 0.659. The number of carbonyl (C=O) groups excluding carboxylic acids is 1. The van der Waals surface area contributed by atoms with E-state index in [-0.39, 0.29) is 11.7 Å². The molecule has 0 bridgehead atoms. The molecule has 0 aliphatic carbocycles. The topological polar surface area (TPSA) is 65.1 Å². The SMILES string of the molecule is CC(C)C(=O)c1ccn(Cc2ccc([N+](=O)[O-])c(F)c2)c1. The van der Waals surface area contributed by atoms with Gasteiger partial charge >= 0.3 is 5.69 Å². The molecule has 21 heavy (non-hydrogen) atoms. The van der Waals surface area contributed by atoms with E-state index in [4.69, 9.17) is 0 Å². The summed E-state index contributed by atoms with van der Waals surface area (Å²) in [5, 5.41) is 10.6. The summed E-state index contributed by atoms with van der Waals surface area (Å²) in [6.07, 6.45) is 3.43. The Morgan fingerprint density at radius 3 is 2.67 bits per heavy atom. The summed E-state index contributed by atoms with van der Waals surface area (Å²) in [4.78, 5) is 21.6. The zero-order chi connectivity index (χ0) is 15.6. The Bertz CT molecular complexity index is 692. The van der Waals surface area contributed by atoms with Gasteiger partial charge in [-0.15, -0.1) is 0 Å². The Morgan fingerprint density at radius 1 is 1.38 bits per heavy atom. The van der Waals surface area contributed by atoms with Gasteiger partial charge in [0.25, 0.3) is 0 Å². The van der Waals surface area contributed by atoms with Crippen molar-refractivity contribution in [3.63, 3.8) is 0 Å². The molecule has 1 aromatic heterocycles. The highest BCUT2D eigenvalue weighted by Gasteiger charge is 2.15. The van der Waals surface area contributed by atoms with Crippen molar-refractivity contribution < 1.29 is 14.1 Å². The highest BCUT2D eigenvalue weighted by Crippen LogP contribution is 2.19. The van der Waals surface area contributed by atoms with Crippen LogP contribution in [-0.4, -0.2) is 15.3 Å². The van der Waals surface area contributed by atoms with Crippen LogP contribution in [0.4, 0.5) is 10.1 Å². The van der Waals surface area contributed by atoms with Crippen molar-refractivity contribution in [3.05, 3.63) is 63.7 Å². The van der Waals surface area contributed by atoms with E-state index < -0.39 is 16.4 Å². The quantitative estimate of drug-likeness (QED) is 0.481. The predicted octanol–water partition coefficient (Wildman–Crippen LogP) is 3.42. The zero-order valence-corrected chi connectivity index (χ0v) is 11.7. The van der Waals surface area contributed by atoms with Crippen LogP contribution in [0.2, 0.25) is 0 Å². The van der Waals surface area contributed by atoms with Gasteiger partial charge in [0, 0.05) is 36.5 Å². The average Bonchev–Trinajstić information content (AvgIpc) is 2.85. The molecule has 110 valence electrons. The molecule has 0 saturated carbocycles. The maximum absolute atomic E-state index is 13.5. The Kier molecular flexibility index (Phi) is 4.16. The first-order valence-corrected chi connectivity index (χ1v) is 6.51. The lowest BCUT2D eigenvalue weighted by molar-refractivity contribution is -0.387. The summed E-state index contributed by atoms with van der Waals surface area (Å²) in [5.74, 6) is -0.899. The summed E-state index contributed by atoms with van der Waals surface area (Å²) in [6, 6.07) is 5.51. The molecular weight excluding hydrogens is 275 g/mol. The fourth-order valence-electron chi connectivity index (χ4n) is 2.03. The first-order chi connectivity index (χ1) is 9.88. The Balaban J connectivity index is 2.17. The molecule has 0 aliphatic rings. The molecular formula is C15H15FN2O3. The summed E-state index contributed by atoms with van der Waals surface area (Å²) < 4.78 is 15.3. The zero-order valence-electron chi connectivity index (χ0n) is 11.7. The van der Waals surface area contributed by atoms with Gasteiger partial charge in [-0.05, 0) is 17.7 Å². The number of nitrogens with zero attached hydrogens (tertiary/aromatic N) is 2. The van der Waals surface area contributed by atoms with Crippen molar-refractivity contribution in [1.29, 1.82) is 0 Å². The lowest BCUT2D eigenvalue weighted by atomic mass is 10.0. The second-order valence-electron chi connectivity index (χ2n) is 5.13. The molecule has 0 atom stereocenters. The van der Waals surface area contributed by atoms with Crippen LogP contribution in [0, 0.1) is 21.8 Å². The van der Waals surface area contributed by atoms with E-state index in [9.17, 15) is 19.3 Å². The monoisotopic (exact) mass is 290 g/mol. The number of hydrogen-bond acceptors (Lipinski definition) is 3. The molecule has 5 nitrogen and oxygen atoms in total. The van der Waals surface area contributed by atoms with Crippen molar-refractivity contribution in [3.8, 4) is 0 Å². The van der Waals surface area contributed by atoms with Gasteiger partial charge in [0.2, 0.25) is 5.82 Å². The van der Waals surface area contributed by atoms with Gasteiger partial charge in [-0.3, -0.25) is 14.9 Å². The van der Waals surface area contributed by atoms with E-state index in [0.717, 1.165) is 12.1 Å². The smallest absolute Gasteiger partial charge is 0.304 e. The van der Waals surface area contributed by atoms with Crippen LogP contribution >= 0.6 is 0 Å². The minimum atomic E-state index is -0.858. The standard InChI is InChI=1S/C15H15FN2O3/c1-10(2)15(19)12-5-6-17(9-12)8-11-3-4-14(18(20)21)13(16)7-11/h3-7,9-10H,8H2,1-2H3. The highest BCUT2D eigenvalue weighted by atomic mass is 19.1. The van der Waals surface area contributed by atoms with Crippen molar-refractivity contribution >= 4 is 11.5 Å². The van der Waals surface area contributed by atoms with E-state index in [1.54, 1.807) is 23.0 Å². The molecule has 0 amide bonds. The number of Topliss-reactive ketones (excluding diaryl/α,β-unsaturated/α-hetero) is 1. The number of ketones is 1. The lowest BCUT2D eigenvalue weighted by Gasteiger charge is -2.04. The Labute approximate surface area is 121 Å². The third-order valence-corrected chi connectivity index (χ3v) is 3.13. The van der Waals surface area contributed by atoms with Crippen molar-refractivity contribution in [1.82, 2.24) is 4.57 Å². The number of nitro benzene ring substituents is 1. The predicted molar refractivity (Wildman–Crippen MR) is 75.8 cm³/mol. The fourth-order valence-corrected chi connectivity index (χ4v) is 2.03. The number of hydrogen-bond donors (Lipinski definition) is 0. The number of carbonyl (C=O) groups is 1. The first kappa shape index (κ1) is 14.9. The fraction of sp³-hybridized carbons (Fsp3) is 0.267. The van der Waals surface area contributed by atoms with Crippen LogP contribution in [-0.2, 0) is 6.54 Å². The molecule has 6 heteroatoms. The number of rotatable bonds is 5. The number of benzene rings is 1. The van der Waals surface area contributed by atoms with Crippen molar-refractivity contribution in [2.24, 2.45) is 5.92 Å². The maximum atomic E-state index is 13.5. The minimum absolute atomic E-state index is 0.0450. The van der Waals surface area contributed by atoms with Crippen LogP contribution in [0.5, 0.6) is 0 Å². The number of halogens is 1. The van der Waals surface area contributed by atoms with Gasteiger partial charge in [-0.1, -0.05) is 19.9 Å². The van der Waals surface area contributed by atoms with Crippen LogP contribution < -0.4 is 0 Å². The second kappa shape index (κ2) is 5.87. The van der Waals surface area contributed by atoms with Gasteiger partial charge in [0.05, 0.1) is 4.92 Å². The molecule has 2 aromatic rings. The molecule has 0 aliphatic heterocycles. The van der Waals surface area contributed by atoms with Gasteiger partial charge in [0.1, 0.15) is 0 Å². The lowest BCUT2D eigenvalue weighted by Crippen LogP contribution is -2.06. The molecule has 0 fully saturated rings. The summed E-state index contributed by atoms with van der Waals surface area (Å²) in [7, 11) is 0. The van der Waals surface area contributed by atoms with E-state index >= 15 is 0 Å². The maximum Gasteiger partial charge on any atom is 0.304 e. The third-order valence-electron chi connectivity index (χ3n) is 3.13. The Hall–Kier alpha value is -2.50. The van der Waals surface area contributed by atoms with Gasteiger partial charge in [0.15, 0.2) is 5.78 Å². The molecule has 1 heterocycles. The van der Waals surface area contributed by atoms with Gasteiger partial charge < -0.3 is 4.57 Å². The van der Waals surface area contributed by atoms with Crippen molar-refractivity contribution in [2.45, 2.75) is 20.4 Å². The first-order valence-electron chi connectivity index (χ1n) is 6.51. The van der Waals surface area contributed by atoms with Gasteiger partial charge in [-0.25, -0.2) is 0 Å². The molecule has 2 rings (SSSR count). The van der Waals surface area contributed by atoms with E-state index in [2.05, 4.69) is 0 Å². The molecule has 0 spiro atoms. The van der Waals surface area contributed by atoms with E-state index in [1.807, 2.05) is 13.8 Å². The molecule has 0 radical (unpaired) electrons. The Morgan fingerprint density at radius 2 is 2.10 bits per heavy atom. The van der Waals surface area contributed by atoms with Crippen molar-refractivity contribution in [2.75, 3.05) is 0 Å². The highest BCUT2D eigenvalue weighted by molar-refractivity contribution is 5.97. The van der Waals surface area contributed by atoms with E-state index in [0.29, 0.717) is 17.7 Å². The molecule has 0 saturated heterocycles. The average molecular weight is 290 g/mol. The summed E-state index contributed by atoms with van der Waals surface area (Å²) >= 11 is 0. The molecule has 1 aromatic carbocycles. The van der Waals surface area contributed by atoms with Crippen LogP contribution in [0.15, 0.2) is 36.7 Å². The number of nitro groups is 1.